The van der Waals surface area contributed by atoms with Crippen molar-refractivity contribution >= 4 is 23.3 Å². The number of aryl methyl sites for hydroxylation is 1. The number of fused-ring (bicyclic) bond motifs is 3. The van der Waals surface area contributed by atoms with Gasteiger partial charge in [-0.1, -0.05) is 23.7 Å². The number of aliphatic hydroxyl groups is 3. The molecule has 10 nitrogen and oxygen atoms in total. The van der Waals surface area contributed by atoms with E-state index < -0.39 is 48.7 Å². The lowest BCUT2D eigenvalue weighted by molar-refractivity contribution is -0.305. The minimum absolute atomic E-state index is 0.148. The molecule has 1 saturated heterocycles. The summed E-state index contributed by atoms with van der Waals surface area (Å²) in [6.07, 6.45) is -8.94. The number of ether oxygens (including phenoxy) is 2. The Kier molecular flexibility index (Phi) is 6.37. The average Bonchev–Trinajstić information content (AvgIpc) is 3.17. The third-order valence-electron chi connectivity index (χ3n) is 6.12. The lowest BCUT2D eigenvalue weighted by atomic mass is 9.99. The van der Waals surface area contributed by atoms with Crippen molar-refractivity contribution in [2.45, 2.75) is 43.9 Å². The summed E-state index contributed by atoms with van der Waals surface area (Å²) in [4.78, 5) is 20.5. The predicted octanol–water partition coefficient (Wildman–Crippen LogP) is 1.73. The number of aromatic nitrogens is 2. The Morgan fingerprint density at radius 3 is 2.58 bits per heavy atom. The molecule has 4 N–H and O–H groups in total. The van der Waals surface area contributed by atoms with Gasteiger partial charge in [-0.2, -0.15) is 0 Å². The van der Waals surface area contributed by atoms with Crippen LogP contribution >= 0.6 is 11.6 Å². The SMILES string of the molecule is Cc1ncc2n1-c1ccc(Cl)cc1C(c1ccccc1F)=NC2O[C@@H]1O[C@H](C(=O)O)[C@@H](O)[C@H](O)[C@H]1O. The summed E-state index contributed by atoms with van der Waals surface area (Å²) in [5.41, 5.74) is 1.76. The van der Waals surface area contributed by atoms with Crippen molar-refractivity contribution in [2.24, 2.45) is 4.99 Å². The van der Waals surface area contributed by atoms with Gasteiger partial charge in [-0.25, -0.2) is 19.2 Å². The molecule has 2 aliphatic heterocycles. The van der Waals surface area contributed by atoms with Crippen LogP contribution in [0.4, 0.5) is 4.39 Å². The van der Waals surface area contributed by atoms with Crippen LogP contribution < -0.4 is 0 Å². The maximum Gasteiger partial charge on any atom is 0.335 e. The summed E-state index contributed by atoms with van der Waals surface area (Å²) in [5, 5.41) is 40.5. The van der Waals surface area contributed by atoms with E-state index in [1.165, 1.54) is 24.4 Å². The van der Waals surface area contributed by atoms with Gasteiger partial charge in [-0.05, 0) is 37.3 Å². The number of carbonyl (C=O) groups is 1. The van der Waals surface area contributed by atoms with Crippen LogP contribution in [0.15, 0.2) is 53.7 Å². The molecule has 0 amide bonds. The quantitative estimate of drug-likeness (QED) is 0.409. The number of carboxylic acid groups (broad SMARTS) is 1. The second-order valence-corrected chi connectivity index (χ2v) is 8.84. The molecule has 188 valence electrons. The van der Waals surface area contributed by atoms with E-state index in [1.54, 1.807) is 35.8 Å². The van der Waals surface area contributed by atoms with Crippen LogP contribution in [-0.4, -0.2) is 72.4 Å². The molecule has 0 saturated carbocycles. The normalized spacial score (nSPS) is 27.6. The summed E-state index contributed by atoms with van der Waals surface area (Å²) in [6, 6.07) is 11.0. The molecule has 0 bridgehead atoms. The molecule has 3 heterocycles. The zero-order chi connectivity index (χ0) is 25.7. The smallest absolute Gasteiger partial charge is 0.335 e. The van der Waals surface area contributed by atoms with Crippen LogP contribution in [0.5, 0.6) is 0 Å². The number of rotatable bonds is 4. The molecular weight excluding hydrogens is 497 g/mol. The van der Waals surface area contributed by atoms with Gasteiger partial charge in [0.2, 0.25) is 0 Å². The minimum Gasteiger partial charge on any atom is -0.479 e. The summed E-state index contributed by atoms with van der Waals surface area (Å²) < 4.78 is 27.9. The van der Waals surface area contributed by atoms with Crippen LogP contribution in [0.1, 0.15) is 28.9 Å². The van der Waals surface area contributed by atoms with Gasteiger partial charge in [0.15, 0.2) is 18.6 Å². The van der Waals surface area contributed by atoms with Crippen LogP contribution in [0.2, 0.25) is 5.02 Å². The van der Waals surface area contributed by atoms with Crippen LogP contribution in [-0.2, 0) is 14.3 Å². The van der Waals surface area contributed by atoms with Crippen molar-refractivity contribution in [2.75, 3.05) is 0 Å². The molecule has 36 heavy (non-hydrogen) atoms. The lowest BCUT2D eigenvalue weighted by Gasteiger charge is -2.39. The van der Waals surface area contributed by atoms with Crippen molar-refractivity contribution in [3.8, 4) is 5.69 Å². The van der Waals surface area contributed by atoms with Gasteiger partial charge >= 0.3 is 5.97 Å². The Morgan fingerprint density at radius 1 is 1.11 bits per heavy atom. The van der Waals surface area contributed by atoms with E-state index >= 15 is 0 Å². The molecule has 0 aliphatic carbocycles. The largest absolute Gasteiger partial charge is 0.479 e. The Bertz CT molecular complexity index is 1360. The number of hydrogen-bond donors (Lipinski definition) is 4. The number of carboxylic acids is 1. The number of imidazole rings is 1. The Balaban J connectivity index is 1.66. The van der Waals surface area contributed by atoms with E-state index in [-0.39, 0.29) is 11.3 Å². The van der Waals surface area contributed by atoms with Gasteiger partial charge in [-0.15, -0.1) is 0 Å². The lowest BCUT2D eigenvalue weighted by Crippen LogP contribution is -2.60. The first-order valence-electron chi connectivity index (χ1n) is 10.9. The van der Waals surface area contributed by atoms with Gasteiger partial charge in [0.25, 0.3) is 0 Å². The number of aliphatic hydroxyl groups excluding tert-OH is 3. The maximum absolute atomic E-state index is 15.0. The highest BCUT2D eigenvalue weighted by atomic mass is 35.5. The molecule has 1 fully saturated rings. The number of aliphatic carboxylic acids is 1. The first-order valence-corrected chi connectivity index (χ1v) is 11.3. The van der Waals surface area contributed by atoms with Gasteiger partial charge in [-0.3, -0.25) is 4.57 Å². The number of hydrogen-bond acceptors (Lipinski definition) is 8. The monoisotopic (exact) mass is 517 g/mol. The standard InChI is InChI=1S/C24H21ClFN3O7/c1-10-27-9-16-22(36-24-20(32)18(30)19(31)21(35-24)23(33)34)28-17(12-4-2-3-5-14(12)26)13-8-11(25)6-7-15(13)29(10)16/h2-9,18-22,24,30-32H,1H3,(H,33,34)/t18-,19-,20+,21-,22?,24-/m0/s1. The number of aliphatic imine (C=N–C) groups is 1. The third kappa shape index (κ3) is 4.09. The Labute approximate surface area is 208 Å². The van der Waals surface area contributed by atoms with Crippen LogP contribution in [0, 0.1) is 12.7 Å². The molecule has 12 heteroatoms. The van der Waals surface area contributed by atoms with E-state index in [2.05, 4.69) is 9.98 Å². The fourth-order valence-electron chi connectivity index (χ4n) is 4.35. The van der Waals surface area contributed by atoms with E-state index in [1.807, 2.05) is 0 Å². The molecule has 1 unspecified atom stereocenters. The summed E-state index contributed by atoms with van der Waals surface area (Å²) >= 11 is 6.28. The van der Waals surface area contributed by atoms with Crippen molar-refractivity contribution < 1.29 is 39.1 Å². The zero-order valence-electron chi connectivity index (χ0n) is 18.7. The van der Waals surface area contributed by atoms with Gasteiger partial charge in [0.1, 0.15) is 30.0 Å². The van der Waals surface area contributed by atoms with Crippen molar-refractivity contribution in [1.29, 1.82) is 0 Å². The minimum atomic E-state index is -1.89. The summed E-state index contributed by atoms with van der Waals surface area (Å²) in [7, 11) is 0. The van der Waals surface area contributed by atoms with E-state index in [0.717, 1.165) is 0 Å². The van der Waals surface area contributed by atoms with Crippen LogP contribution in [0.3, 0.4) is 0 Å². The zero-order valence-corrected chi connectivity index (χ0v) is 19.5. The molecule has 3 aromatic rings. The van der Waals surface area contributed by atoms with E-state index in [4.69, 9.17) is 21.1 Å². The second-order valence-electron chi connectivity index (χ2n) is 8.41. The maximum atomic E-state index is 15.0. The second kappa shape index (κ2) is 9.36. The molecular formula is C24H21ClFN3O7. The van der Waals surface area contributed by atoms with E-state index in [0.29, 0.717) is 27.8 Å². The van der Waals surface area contributed by atoms with Gasteiger partial charge < -0.3 is 29.9 Å². The molecule has 2 aliphatic rings. The highest BCUT2D eigenvalue weighted by molar-refractivity contribution is 6.31. The van der Waals surface area contributed by atoms with E-state index in [9.17, 15) is 29.6 Å². The number of nitrogens with zero attached hydrogens (tertiary/aromatic N) is 3. The average molecular weight is 518 g/mol. The Morgan fingerprint density at radius 2 is 1.86 bits per heavy atom. The highest BCUT2D eigenvalue weighted by Gasteiger charge is 2.48. The van der Waals surface area contributed by atoms with Gasteiger partial charge in [0.05, 0.1) is 23.3 Å². The fourth-order valence-corrected chi connectivity index (χ4v) is 4.53. The van der Waals surface area contributed by atoms with Gasteiger partial charge in [0, 0.05) is 16.1 Å². The van der Waals surface area contributed by atoms with Crippen molar-refractivity contribution in [1.82, 2.24) is 9.55 Å². The first-order chi connectivity index (χ1) is 17.2. The Hall–Kier alpha value is -3.19. The molecule has 6 atom stereocenters. The highest BCUT2D eigenvalue weighted by Crippen LogP contribution is 2.36. The summed E-state index contributed by atoms with van der Waals surface area (Å²) in [5.74, 6) is -1.57. The molecule has 2 aromatic carbocycles. The first kappa shape index (κ1) is 24.5. The number of halogens is 2. The predicted molar refractivity (Wildman–Crippen MR) is 123 cm³/mol. The van der Waals surface area contributed by atoms with Crippen molar-refractivity contribution in [3.05, 3.63) is 82.1 Å². The van der Waals surface area contributed by atoms with Crippen molar-refractivity contribution in [3.63, 3.8) is 0 Å². The molecule has 5 rings (SSSR count). The third-order valence-corrected chi connectivity index (χ3v) is 6.36. The number of benzene rings is 2. The topological polar surface area (TPSA) is 147 Å². The fraction of sp³-hybridized carbons (Fsp3) is 0.292. The summed E-state index contributed by atoms with van der Waals surface area (Å²) in [6.45, 7) is 1.74. The van der Waals surface area contributed by atoms with Crippen LogP contribution in [0.25, 0.3) is 5.69 Å². The molecule has 1 aromatic heterocycles. The molecule has 0 radical (unpaired) electrons. The molecule has 0 spiro atoms.